The Labute approximate surface area is 340 Å². The van der Waals surface area contributed by atoms with Crippen LogP contribution in [-0.2, 0) is 32.7 Å². The van der Waals surface area contributed by atoms with Crippen LogP contribution >= 0.6 is 7.82 Å². The van der Waals surface area contributed by atoms with Gasteiger partial charge in [0.05, 0.1) is 6.61 Å². The lowest BCUT2D eigenvalue weighted by Gasteiger charge is -2.41. The summed E-state index contributed by atoms with van der Waals surface area (Å²) in [5.74, 6) is -1.19. The molecule has 14 heteroatoms. The van der Waals surface area contributed by atoms with Crippen molar-refractivity contribution >= 4 is 19.8 Å². The molecule has 1 saturated carbocycles. The van der Waals surface area contributed by atoms with Crippen molar-refractivity contribution in [1.82, 2.24) is 0 Å². The third-order valence-electron chi connectivity index (χ3n) is 9.03. The molecule has 326 valence electrons. The second kappa shape index (κ2) is 33.2. The van der Waals surface area contributed by atoms with E-state index in [-0.39, 0.29) is 12.8 Å². The molecule has 6 N–H and O–H groups in total. The standard InChI is InChI=1S/C43H71O13P/c1-3-5-7-9-11-13-15-16-17-18-19-20-22-23-25-27-29-31-36(44)53-33-35(55-37(45)32-30-28-26-24-21-14-12-10-8-6-4-2)34-54-57(51,52)56-43-41(49)39(47)38(46)40(48)42(43)50/h5,7,10-13,16-17,19-20,23,25,35,38-43,46-50H,3-4,6,8-9,14-15,18,21-22,24,26-34H2,1-2H3,(H,51,52)/b7-5+,12-10+,13-11+,17-16+,20-19+,25-23+/t35-,38?,39-,40?,41?,42?,43?/m0/s1. The SMILES string of the molecule is CC/C=C/C/C=C/C/C=C/C/C=C/C/C=C/CCCC(=O)OC[C@@H](COP(=O)(O)OC1C(O)C(O)C(O)[C@H](O)C1O)OC(=O)CCCCCCC/C=C/CCCC. The van der Waals surface area contributed by atoms with Crippen molar-refractivity contribution in [3.63, 3.8) is 0 Å². The van der Waals surface area contributed by atoms with Crippen molar-refractivity contribution in [3.8, 4) is 0 Å². The maximum atomic E-state index is 12.8. The molecule has 0 aromatic heterocycles. The molecule has 0 amide bonds. The Hall–Kier alpha value is -2.71. The van der Waals surface area contributed by atoms with Crippen LogP contribution in [0.1, 0.15) is 129 Å². The van der Waals surface area contributed by atoms with Gasteiger partial charge in [-0.25, -0.2) is 4.57 Å². The van der Waals surface area contributed by atoms with Gasteiger partial charge in [0.25, 0.3) is 0 Å². The molecule has 6 unspecified atom stereocenters. The average Bonchev–Trinajstić information content (AvgIpc) is 3.19. The van der Waals surface area contributed by atoms with Gasteiger partial charge < -0.3 is 39.9 Å². The molecule has 0 heterocycles. The average molecular weight is 827 g/mol. The Morgan fingerprint density at radius 3 is 1.60 bits per heavy atom. The number of allylic oxidation sites excluding steroid dienone is 12. The molecule has 8 atom stereocenters. The van der Waals surface area contributed by atoms with E-state index < -0.39 is 75.7 Å². The van der Waals surface area contributed by atoms with Crippen molar-refractivity contribution in [2.45, 2.75) is 172 Å². The highest BCUT2D eigenvalue weighted by Crippen LogP contribution is 2.47. The van der Waals surface area contributed by atoms with Crippen LogP contribution in [0.4, 0.5) is 0 Å². The molecule has 1 rings (SSSR count). The molecule has 0 aliphatic heterocycles. The van der Waals surface area contributed by atoms with E-state index in [1.54, 1.807) is 0 Å². The highest BCUT2D eigenvalue weighted by atomic mass is 31.2. The second-order valence-corrected chi connectivity index (χ2v) is 15.5. The molecular formula is C43H71O13P. The Kier molecular flexibility index (Phi) is 30.4. The number of unbranched alkanes of at least 4 members (excludes halogenated alkanes) is 8. The first kappa shape index (κ1) is 52.3. The lowest BCUT2D eigenvalue weighted by Crippen LogP contribution is -2.64. The summed E-state index contributed by atoms with van der Waals surface area (Å²) >= 11 is 0. The Morgan fingerprint density at radius 1 is 0.561 bits per heavy atom. The lowest BCUT2D eigenvalue weighted by atomic mass is 9.85. The zero-order chi connectivity index (χ0) is 42.2. The minimum Gasteiger partial charge on any atom is -0.462 e. The van der Waals surface area contributed by atoms with E-state index in [2.05, 4.69) is 74.6 Å². The number of hydrogen-bond donors (Lipinski definition) is 6. The van der Waals surface area contributed by atoms with Crippen LogP contribution in [0.2, 0.25) is 0 Å². The zero-order valence-electron chi connectivity index (χ0n) is 34.1. The number of carbonyl (C=O) groups excluding carboxylic acids is 2. The molecule has 0 aromatic carbocycles. The predicted octanol–water partition coefficient (Wildman–Crippen LogP) is 7.16. The van der Waals surface area contributed by atoms with Gasteiger partial charge in [-0.05, 0) is 70.6 Å². The second-order valence-electron chi connectivity index (χ2n) is 14.1. The number of phosphoric ester groups is 1. The van der Waals surface area contributed by atoms with Crippen LogP contribution in [0, 0.1) is 0 Å². The summed E-state index contributed by atoms with van der Waals surface area (Å²) in [5.41, 5.74) is 0. The van der Waals surface area contributed by atoms with Crippen LogP contribution in [0.3, 0.4) is 0 Å². The molecular weight excluding hydrogens is 755 g/mol. The number of aliphatic hydroxyl groups is 5. The predicted molar refractivity (Wildman–Crippen MR) is 221 cm³/mol. The fraction of sp³-hybridized carbons (Fsp3) is 0.674. The molecule has 1 aliphatic rings. The van der Waals surface area contributed by atoms with Crippen LogP contribution < -0.4 is 0 Å². The molecule has 57 heavy (non-hydrogen) atoms. The molecule has 0 radical (unpaired) electrons. The number of aliphatic hydroxyl groups excluding tert-OH is 5. The van der Waals surface area contributed by atoms with Crippen LogP contribution in [0.25, 0.3) is 0 Å². The van der Waals surface area contributed by atoms with Crippen molar-refractivity contribution < 1.29 is 63.1 Å². The fourth-order valence-corrected chi connectivity index (χ4v) is 6.63. The van der Waals surface area contributed by atoms with Crippen molar-refractivity contribution in [1.29, 1.82) is 0 Å². The minimum atomic E-state index is -5.13. The molecule has 0 bridgehead atoms. The molecule has 13 nitrogen and oxygen atoms in total. The number of carbonyl (C=O) groups is 2. The number of phosphoric acid groups is 1. The lowest BCUT2D eigenvalue weighted by molar-refractivity contribution is -0.220. The topological polar surface area (TPSA) is 210 Å². The highest BCUT2D eigenvalue weighted by molar-refractivity contribution is 7.47. The van der Waals surface area contributed by atoms with E-state index in [1.165, 1.54) is 12.8 Å². The van der Waals surface area contributed by atoms with E-state index >= 15 is 0 Å². The largest absolute Gasteiger partial charge is 0.472 e. The molecule has 0 aromatic rings. The van der Waals surface area contributed by atoms with Gasteiger partial charge in [0.1, 0.15) is 43.2 Å². The van der Waals surface area contributed by atoms with E-state index in [0.717, 1.165) is 70.6 Å². The van der Waals surface area contributed by atoms with Crippen molar-refractivity contribution in [2.75, 3.05) is 13.2 Å². The van der Waals surface area contributed by atoms with E-state index in [9.17, 15) is 44.6 Å². The van der Waals surface area contributed by atoms with Gasteiger partial charge in [0, 0.05) is 12.8 Å². The van der Waals surface area contributed by atoms with E-state index in [1.807, 2.05) is 12.2 Å². The van der Waals surface area contributed by atoms with Crippen LogP contribution in [0.5, 0.6) is 0 Å². The van der Waals surface area contributed by atoms with Gasteiger partial charge in [-0.15, -0.1) is 0 Å². The van der Waals surface area contributed by atoms with Crippen molar-refractivity contribution in [3.05, 3.63) is 72.9 Å². The third-order valence-corrected chi connectivity index (χ3v) is 10.0. The highest BCUT2D eigenvalue weighted by Gasteiger charge is 2.51. The molecule has 0 saturated heterocycles. The first-order valence-corrected chi connectivity index (χ1v) is 22.2. The quantitative estimate of drug-likeness (QED) is 0.0172. The summed E-state index contributed by atoms with van der Waals surface area (Å²) in [6, 6.07) is 0. The first-order chi connectivity index (χ1) is 27.4. The van der Waals surface area contributed by atoms with Gasteiger partial charge in [-0.1, -0.05) is 119 Å². The maximum Gasteiger partial charge on any atom is 0.472 e. The van der Waals surface area contributed by atoms with Crippen LogP contribution in [0.15, 0.2) is 72.9 Å². The zero-order valence-corrected chi connectivity index (χ0v) is 35.0. The summed E-state index contributed by atoms with van der Waals surface area (Å²) in [4.78, 5) is 35.5. The number of hydrogen-bond acceptors (Lipinski definition) is 12. The van der Waals surface area contributed by atoms with E-state index in [0.29, 0.717) is 19.3 Å². The summed E-state index contributed by atoms with van der Waals surface area (Å²) < 4.78 is 33.3. The van der Waals surface area contributed by atoms with Gasteiger partial charge in [-0.3, -0.25) is 18.6 Å². The summed E-state index contributed by atoms with van der Waals surface area (Å²) in [7, 11) is -5.13. The van der Waals surface area contributed by atoms with Gasteiger partial charge in [0.15, 0.2) is 6.10 Å². The van der Waals surface area contributed by atoms with Crippen LogP contribution in [-0.4, -0.2) is 98.3 Å². The Bertz CT molecular complexity index is 1280. The summed E-state index contributed by atoms with van der Waals surface area (Å²) in [6.07, 6.45) is 27.0. The summed E-state index contributed by atoms with van der Waals surface area (Å²) in [6.45, 7) is 3.05. The van der Waals surface area contributed by atoms with Gasteiger partial charge >= 0.3 is 19.8 Å². The minimum absolute atomic E-state index is 0.0699. The Morgan fingerprint density at radius 2 is 1.02 bits per heavy atom. The number of ether oxygens (including phenoxy) is 2. The molecule has 1 fully saturated rings. The maximum absolute atomic E-state index is 12.8. The third kappa shape index (κ3) is 26.1. The van der Waals surface area contributed by atoms with Gasteiger partial charge in [-0.2, -0.15) is 0 Å². The van der Waals surface area contributed by atoms with E-state index in [4.69, 9.17) is 18.5 Å². The number of rotatable bonds is 32. The van der Waals surface area contributed by atoms with Crippen molar-refractivity contribution in [2.24, 2.45) is 0 Å². The summed E-state index contributed by atoms with van der Waals surface area (Å²) in [5, 5.41) is 50.0. The van der Waals surface area contributed by atoms with Gasteiger partial charge in [0.2, 0.25) is 0 Å². The monoisotopic (exact) mass is 826 g/mol. The Balaban J connectivity index is 2.55. The first-order valence-electron chi connectivity index (χ1n) is 20.7. The number of esters is 2. The smallest absolute Gasteiger partial charge is 0.462 e. The molecule has 0 spiro atoms. The normalized spacial score (nSPS) is 23.4. The fourth-order valence-electron chi connectivity index (χ4n) is 5.65. The molecule has 1 aliphatic carbocycles.